The molecule has 5 heterocycles. The van der Waals surface area contributed by atoms with E-state index >= 15 is 0 Å². The van der Waals surface area contributed by atoms with Gasteiger partial charge < -0.3 is 34.2 Å². The summed E-state index contributed by atoms with van der Waals surface area (Å²) in [4.78, 5) is 104. The predicted molar refractivity (Wildman–Crippen MR) is 388 cm³/mol. The Morgan fingerprint density at radius 2 is 1.43 bits per heavy atom. The van der Waals surface area contributed by atoms with Gasteiger partial charge in [-0.2, -0.15) is 13.5 Å². The van der Waals surface area contributed by atoms with Crippen molar-refractivity contribution >= 4 is 78.3 Å². The molecule has 2 aliphatic heterocycles. The first-order valence-electron chi connectivity index (χ1n) is 33.4. The van der Waals surface area contributed by atoms with Crippen LogP contribution in [0.4, 0.5) is 13.2 Å². The summed E-state index contributed by atoms with van der Waals surface area (Å²) in [6.07, 6.45) is 6.30. The molecular formula is C72H81Cl2F3N10O17S2. The van der Waals surface area contributed by atoms with Gasteiger partial charge in [0.25, 0.3) is 33.0 Å². The highest BCUT2D eigenvalue weighted by molar-refractivity contribution is 7.91. The maximum atomic E-state index is 14.2. The molecule has 3 aliphatic rings. The summed E-state index contributed by atoms with van der Waals surface area (Å²) < 4.78 is 118. The average molecular weight is 1550 g/mol. The van der Waals surface area contributed by atoms with E-state index in [1.165, 1.54) is 80.0 Å². The normalized spacial score (nSPS) is 13.7. The monoisotopic (exact) mass is 1550 g/mol. The van der Waals surface area contributed by atoms with Crippen LogP contribution in [0, 0.1) is 32.0 Å². The Kier molecular flexibility index (Phi) is 26.7. The fraction of sp³-hybridized carbons (Fsp3) is 0.389. The van der Waals surface area contributed by atoms with Gasteiger partial charge in [0.1, 0.15) is 40.4 Å². The summed E-state index contributed by atoms with van der Waals surface area (Å²) >= 11 is 11.9. The fourth-order valence-corrected chi connectivity index (χ4v) is 13.6. The zero-order chi connectivity index (χ0) is 78.0. The Balaban J connectivity index is 0.000000179. The molecule has 0 saturated heterocycles. The number of ketones is 1. The molecule has 0 spiro atoms. The molecule has 1 unspecified atom stereocenters. The van der Waals surface area contributed by atoms with Crippen LogP contribution < -0.4 is 36.3 Å². The van der Waals surface area contributed by atoms with Crippen LogP contribution in [0.3, 0.4) is 0 Å². The second-order valence-corrected chi connectivity index (χ2v) is 30.2. The minimum atomic E-state index is -4.07. The van der Waals surface area contributed by atoms with E-state index in [0.29, 0.717) is 77.9 Å². The highest BCUT2D eigenvalue weighted by Crippen LogP contribution is 2.37. The summed E-state index contributed by atoms with van der Waals surface area (Å²) in [5.41, 5.74) is 4.22. The molecule has 2 amide bonds. The number of aryl methyl sites for hydroxylation is 5. The quantitative estimate of drug-likeness (QED) is 0.0363. The van der Waals surface area contributed by atoms with Crippen molar-refractivity contribution < 1.29 is 77.8 Å². The molecule has 1 saturated carbocycles. The number of rotatable bonds is 20. The van der Waals surface area contributed by atoms with E-state index in [9.17, 15) is 68.4 Å². The van der Waals surface area contributed by atoms with Crippen LogP contribution in [0.25, 0.3) is 16.8 Å². The Morgan fingerprint density at radius 1 is 0.792 bits per heavy atom. The highest BCUT2D eigenvalue weighted by Gasteiger charge is 2.34. The zero-order valence-corrected chi connectivity index (χ0v) is 63.3. The van der Waals surface area contributed by atoms with E-state index in [2.05, 4.69) is 53.6 Å². The summed E-state index contributed by atoms with van der Waals surface area (Å²) in [5, 5.41) is 11.9. The Bertz CT molecular complexity index is 5100. The first-order valence-corrected chi connectivity index (χ1v) is 37.6. The summed E-state index contributed by atoms with van der Waals surface area (Å²) in [7, 11) is -4.69. The topological polar surface area (TPSA) is 341 Å². The molecule has 0 bridgehead atoms. The van der Waals surface area contributed by atoms with Crippen LogP contribution in [-0.4, -0.2) is 137 Å². The number of ether oxygens (including phenoxy) is 4. The van der Waals surface area contributed by atoms with Crippen LogP contribution in [0.1, 0.15) is 143 Å². The van der Waals surface area contributed by atoms with Gasteiger partial charge in [-0.25, -0.2) is 44.7 Å². The molecule has 1 atom stereocenters. The Morgan fingerprint density at radius 3 is 1.98 bits per heavy atom. The van der Waals surface area contributed by atoms with Crippen molar-refractivity contribution in [2.75, 3.05) is 39.8 Å². The van der Waals surface area contributed by atoms with E-state index < -0.39 is 71.9 Å². The second kappa shape index (κ2) is 34.6. The van der Waals surface area contributed by atoms with Crippen molar-refractivity contribution in [2.45, 2.75) is 142 Å². The number of aromatic amines is 1. The van der Waals surface area contributed by atoms with E-state index in [1.807, 2.05) is 25.5 Å². The first kappa shape index (κ1) is 81.8. The largest absolute Gasteiger partial charge is 0.496 e. The molecule has 27 nitrogen and oxygen atoms in total. The van der Waals surface area contributed by atoms with Gasteiger partial charge in [-0.1, -0.05) is 60.4 Å². The van der Waals surface area contributed by atoms with Crippen molar-refractivity contribution in [3.8, 4) is 28.4 Å². The van der Waals surface area contributed by atoms with Gasteiger partial charge >= 0.3 is 24.2 Å². The number of carbonyl (C=O) groups excluding carboxylic acids is 5. The number of hydrogen-bond acceptors (Lipinski definition) is 19. The molecule has 3 N–H and O–H groups in total. The van der Waals surface area contributed by atoms with Gasteiger partial charge in [0.05, 0.1) is 66.5 Å². The lowest BCUT2D eigenvalue weighted by Crippen LogP contribution is -2.31. The first-order chi connectivity index (χ1) is 50.0. The smallest absolute Gasteiger partial charge is 0.355 e. The average Bonchev–Trinajstić information content (AvgIpc) is 1.57. The van der Waals surface area contributed by atoms with E-state index in [4.69, 9.17) is 47.0 Å². The third-order valence-corrected chi connectivity index (χ3v) is 20.0. The Hall–Kier alpha value is -9.89. The molecule has 568 valence electrons. The number of carbonyl (C=O) groups is 5. The number of H-pyrrole nitrogens is 1. The lowest BCUT2D eigenvalue weighted by atomic mass is 9.91. The standard InChI is InChI=1S/C23H32N2O4.C18H18N2O5S.C16H17N3O5S.C15H14Cl2F3N3O3/c1-7-16-13-15(3)14-17(8-2)18(16)19-20(26)24-9-11-28-12-10-25(24)21(19)29-22(27)23(4,5)6;1-25-16-5-3-2-4-15(16)18(22)20-26(23,24)14-10-6-12(7-11-14)17(21)19-13-8-9-13;1-9-10(15(20)11-8-17-19(2)16(11)21)4-5-13(25(3,22)23)14(9)12-6-7-24-18-12;1-3-26-13(24)10(17)4-8-5-12(11(18)6-9(8)16)23-15(25)22(14(19)20)7(2)21-23/h13-14H,7-12H2,1-6H3;2-7,10-11,13H,8-9H2,1H3,(H,19,21)(H,20,22);4-5,8,17H,6-7H2,1-3H3;5-6,10,14H,3-4H2,1-2H3. The lowest BCUT2D eigenvalue weighted by molar-refractivity contribution is -0.144. The molecule has 1 aliphatic carbocycles. The van der Waals surface area contributed by atoms with Crippen LogP contribution in [-0.2, 0) is 83.2 Å². The lowest BCUT2D eigenvalue weighted by Gasteiger charge is -2.19. The minimum absolute atomic E-state index is 0.00623. The van der Waals surface area contributed by atoms with Gasteiger partial charge in [-0.3, -0.25) is 38.2 Å². The van der Waals surface area contributed by atoms with E-state index in [-0.39, 0.29) is 95.4 Å². The Labute approximate surface area is 618 Å². The summed E-state index contributed by atoms with van der Waals surface area (Å²) in [6, 6.07) is 21.0. The second-order valence-electron chi connectivity index (χ2n) is 25.6. The number of fused-ring (bicyclic) bond motifs is 1. The molecule has 8 aromatic rings. The van der Waals surface area contributed by atoms with Crippen molar-refractivity contribution in [3.05, 3.63) is 195 Å². The maximum Gasteiger partial charge on any atom is 0.355 e. The van der Waals surface area contributed by atoms with Gasteiger partial charge in [0.15, 0.2) is 21.4 Å². The van der Waals surface area contributed by atoms with Gasteiger partial charge in [-0.15, -0.1) is 16.7 Å². The van der Waals surface area contributed by atoms with Crippen molar-refractivity contribution in [3.63, 3.8) is 0 Å². The number of amides is 2. The fourth-order valence-electron chi connectivity index (χ4n) is 11.3. The number of halogens is 5. The number of alkyl halides is 3. The third-order valence-electron chi connectivity index (χ3n) is 16.9. The zero-order valence-electron chi connectivity index (χ0n) is 60.2. The van der Waals surface area contributed by atoms with Gasteiger partial charge in [0.2, 0.25) is 5.88 Å². The number of methoxy groups -OCH3 is 1. The van der Waals surface area contributed by atoms with Crippen molar-refractivity contribution in [2.24, 2.45) is 17.6 Å². The number of esters is 2. The third kappa shape index (κ3) is 19.0. The number of hydrogen-bond donors (Lipinski definition) is 3. The van der Waals surface area contributed by atoms with Gasteiger partial charge in [-0.05, 0) is 163 Å². The highest BCUT2D eigenvalue weighted by atomic mass is 35.5. The molecule has 34 heteroatoms. The number of benzene rings is 5. The maximum absolute atomic E-state index is 14.2. The van der Waals surface area contributed by atoms with Crippen molar-refractivity contribution in [1.29, 1.82) is 0 Å². The molecule has 3 aromatic heterocycles. The van der Waals surface area contributed by atoms with Crippen molar-refractivity contribution in [1.82, 2.24) is 43.5 Å². The van der Waals surface area contributed by atoms with Crippen LogP contribution in [0.5, 0.6) is 11.6 Å². The minimum Gasteiger partial charge on any atom is -0.496 e. The van der Waals surface area contributed by atoms with Crippen LogP contribution in [0.2, 0.25) is 5.02 Å². The molecule has 0 radical (unpaired) electrons. The number of aromatic nitrogens is 7. The van der Waals surface area contributed by atoms with Gasteiger partial charge in [0, 0.05) is 60.1 Å². The summed E-state index contributed by atoms with van der Waals surface area (Å²) in [6.45, 7) is 15.3. The number of sulfone groups is 1. The summed E-state index contributed by atoms with van der Waals surface area (Å²) in [5.74, 6) is -3.17. The van der Waals surface area contributed by atoms with E-state index in [0.717, 1.165) is 60.8 Å². The SMILES string of the molecule is CCOC(=O)C(Cl)Cc1cc(-n2nc(C)n(C(F)F)c2=O)c(F)cc1Cl.CCc1cc(C)cc(CC)c1-c1c(OC(=O)C(C)(C)C)n2n(c1=O)CCOCC2.COc1ccccc1C(=O)NS(=O)(=O)c1ccc(C(=O)NC2CC2)cc1.Cc1c(C(=O)c2c[nH]n(C)c2=O)ccc(S(C)(=O)=O)c1C1=NOCC1. The van der Waals surface area contributed by atoms with E-state index in [1.54, 1.807) is 41.4 Å². The number of nitrogens with zero attached hydrogens (tertiary/aromatic N) is 7. The molecule has 5 aromatic carbocycles. The van der Waals surface area contributed by atoms with Crippen LogP contribution >= 0.6 is 23.2 Å². The number of oxime groups is 1. The molecule has 1 fully saturated rings. The number of sulfonamides is 1. The molecule has 106 heavy (non-hydrogen) atoms. The predicted octanol–water partition coefficient (Wildman–Crippen LogP) is 9.46. The number of para-hydroxylation sites is 1. The number of nitrogens with one attached hydrogen (secondary N) is 3. The molecular weight excluding hydrogens is 1470 g/mol. The molecule has 11 rings (SSSR count). The van der Waals surface area contributed by atoms with Crippen LogP contribution in [0.15, 0.2) is 120 Å².